The van der Waals surface area contributed by atoms with Gasteiger partial charge in [0.05, 0.1) is 11.4 Å². The Hall–Kier alpha value is -5.48. The third kappa shape index (κ3) is 5.23. The highest BCUT2D eigenvalue weighted by molar-refractivity contribution is 6.19. The number of anilines is 3. The second-order valence-corrected chi connectivity index (χ2v) is 13.9. The molecule has 8 rings (SSSR count). The van der Waals surface area contributed by atoms with Gasteiger partial charge in [-0.25, -0.2) is 4.79 Å². The fourth-order valence-electron chi connectivity index (χ4n) is 7.04. The average Bonchev–Trinajstić information content (AvgIpc) is 3.86. The zero-order valence-electron chi connectivity index (χ0n) is 27.1. The molecule has 2 aromatic heterocycles. The highest BCUT2D eigenvalue weighted by atomic mass is 35.5. The summed E-state index contributed by atoms with van der Waals surface area (Å²) in [4.78, 5) is 46.5. The second-order valence-electron chi connectivity index (χ2n) is 13.5. The molecular formula is C38H33ClN4O6. The number of hydrogen-bond donors (Lipinski definition) is 3. The van der Waals surface area contributed by atoms with Crippen molar-refractivity contribution in [2.75, 3.05) is 34.1 Å². The molecular weight excluding hydrogens is 644 g/mol. The Morgan fingerprint density at radius 2 is 1.78 bits per heavy atom. The molecule has 3 N–H and O–H groups in total. The fraction of sp³-hybridized carbons (Fsp3) is 0.237. The van der Waals surface area contributed by atoms with Crippen molar-refractivity contribution in [2.24, 2.45) is 0 Å². The average molecular weight is 677 g/mol. The van der Waals surface area contributed by atoms with E-state index in [1.807, 2.05) is 57.2 Å². The van der Waals surface area contributed by atoms with Crippen LogP contribution in [0.15, 0.2) is 77.2 Å². The summed E-state index contributed by atoms with van der Waals surface area (Å²) < 4.78 is 11.6. The number of fused-ring (bicyclic) bond motifs is 7. The van der Waals surface area contributed by atoms with Gasteiger partial charge < -0.3 is 29.5 Å². The lowest BCUT2D eigenvalue weighted by Gasteiger charge is -2.24. The van der Waals surface area contributed by atoms with Gasteiger partial charge in [-0.3, -0.25) is 14.5 Å². The Morgan fingerprint density at radius 3 is 2.55 bits per heavy atom. The molecule has 0 aliphatic carbocycles. The van der Waals surface area contributed by atoms with E-state index in [9.17, 15) is 19.5 Å². The minimum absolute atomic E-state index is 0.0921. The maximum atomic E-state index is 13.8. The van der Waals surface area contributed by atoms with E-state index >= 15 is 0 Å². The third-order valence-corrected chi connectivity index (χ3v) is 9.56. The van der Waals surface area contributed by atoms with E-state index in [0.29, 0.717) is 58.8 Å². The number of ether oxygens (including phenoxy) is 1. The van der Waals surface area contributed by atoms with Crippen LogP contribution in [-0.2, 0) is 11.2 Å². The first-order valence-corrected chi connectivity index (χ1v) is 16.6. The van der Waals surface area contributed by atoms with Crippen molar-refractivity contribution >= 4 is 79.2 Å². The van der Waals surface area contributed by atoms with E-state index in [0.717, 1.165) is 33.1 Å². The molecule has 2 aliphatic rings. The Labute approximate surface area is 286 Å². The molecule has 11 heteroatoms. The first-order chi connectivity index (χ1) is 23.5. The molecule has 0 bridgehead atoms. The summed E-state index contributed by atoms with van der Waals surface area (Å²) in [5.41, 5.74) is 4.90. The van der Waals surface area contributed by atoms with Crippen molar-refractivity contribution in [1.82, 2.24) is 4.98 Å². The van der Waals surface area contributed by atoms with Crippen LogP contribution in [0.1, 0.15) is 58.9 Å². The molecule has 6 aromatic rings. The Bertz CT molecular complexity index is 2350. The molecule has 49 heavy (non-hydrogen) atoms. The summed E-state index contributed by atoms with van der Waals surface area (Å²) in [7, 11) is 0. The minimum atomic E-state index is -0.603. The number of aromatic nitrogens is 1. The fourth-order valence-corrected chi connectivity index (χ4v) is 7.30. The Morgan fingerprint density at radius 1 is 0.980 bits per heavy atom. The zero-order chi connectivity index (χ0) is 34.2. The van der Waals surface area contributed by atoms with Crippen molar-refractivity contribution < 1.29 is 28.6 Å². The number of phenolic OH excluding ortho intramolecular Hbond substituents is 1. The van der Waals surface area contributed by atoms with Gasteiger partial charge in [-0.15, -0.1) is 11.6 Å². The summed E-state index contributed by atoms with van der Waals surface area (Å²) in [5.74, 6) is -0.239. The quantitative estimate of drug-likeness (QED) is 0.161. The van der Waals surface area contributed by atoms with Gasteiger partial charge in [-0.1, -0.05) is 24.3 Å². The van der Waals surface area contributed by atoms with Gasteiger partial charge in [0.2, 0.25) is 0 Å². The largest absolute Gasteiger partial charge is 0.507 e. The number of carbonyl (C=O) groups excluding carboxylic acids is 3. The number of hydrogen-bond acceptors (Lipinski definition) is 6. The SMILES string of the molecule is CC(C)(C)OC(=O)N1CCc2c1ccc1[nH]c(C(=O)Nc3ccc4oc(C(=O)N5C[C@@H](CCl)c6c5cc(O)c5ccccc65)cc4c3)cc21. The number of furan rings is 1. The molecule has 248 valence electrons. The monoisotopic (exact) mass is 676 g/mol. The molecule has 0 fully saturated rings. The summed E-state index contributed by atoms with van der Waals surface area (Å²) in [5, 5.41) is 16.8. The molecule has 0 saturated heterocycles. The molecule has 3 amide bonds. The minimum Gasteiger partial charge on any atom is -0.507 e. The van der Waals surface area contributed by atoms with Gasteiger partial charge in [0.1, 0.15) is 22.6 Å². The van der Waals surface area contributed by atoms with Crippen LogP contribution in [0.3, 0.4) is 0 Å². The molecule has 0 saturated carbocycles. The maximum Gasteiger partial charge on any atom is 0.414 e. The van der Waals surface area contributed by atoms with Crippen LogP contribution in [-0.4, -0.2) is 52.6 Å². The number of benzene rings is 4. The zero-order valence-corrected chi connectivity index (χ0v) is 27.9. The number of halogens is 1. The van der Waals surface area contributed by atoms with Crippen molar-refractivity contribution in [2.45, 2.75) is 38.7 Å². The number of nitrogens with one attached hydrogen (secondary N) is 2. The number of H-pyrrole nitrogens is 1. The summed E-state index contributed by atoms with van der Waals surface area (Å²) >= 11 is 6.36. The van der Waals surface area contributed by atoms with Crippen molar-refractivity contribution in [1.29, 1.82) is 0 Å². The number of phenols is 1. The molecule has 4 aromatic carbocycles. The van der Waals surface area contributed by atoms with E-state index in [2.05, 4.69) is 10.3 Å². The van der Waals surface area contributed by atoms with Crippen LogP contribution < -0.4 is 15.1 Å². The standard InChI is InChI=1S/C38H33ClN4O6/c1-38(2,3)49-37(47)42-13-12-23-26-16-28(41-27(26)9-10-29(23)42)35(45)40-22-8-11-32-20(14-22)15-33(48-32)36(46)43-19-21(18-39)34-25-7-5-4-6-24(25)31(44)17-30(34)43/h4-11,14-17,21,41,44H,12-13,18-19H2,1-3H3,(H,40,45)/t21-/m1/s1. The Kier molecular flexibility index (Phi) is 7.11. The molecule has 4 heterocycles. The number of amides is 3. The van der Waals surface area contributed by atoms with Gasteiger partial charge >= 0.3 is 6.09 Å². The van der Waals surface area contributed by atoms with Gasteiger partial charge in [0.25, 0.3) is 11.8 Å². The van der Waals surface area contributed by atoms with Crippen LogP contribution >= 0.6 is 11.6 Å². The van der Waals surface area contributed by atoms with Gasteiger partial charge in [-0.2, -0.15) is 0 Å². The van der Waals surface area contributed by atoms with Crippen molar-refractivity contribution in [3.8, 4) is 5.75 Å². The predicted octanol–water partition coefficient (Wildman–Crippen LogP) is 8.31. The van der Waals surface area contributed by atoms with Gasteiger partial charge in [-0.05, 0) is 86.2 Å². The Balaban J connectivity index is 1.03. The van der Waals surface area contributed by atoms with Crippen LogP contribution in [0.25, 0.3) is 32.6 Å². The van der Waals surface area contributed by atoms with Crippen molar-refractivity contribution in [3.05, 3.63) is 95.4 Å². The molecule has 1 atom stereocenters. The predicted molar refractivity (Wildman–Crippen MR) is 191 cm³/mol. The summed E-state index contributed by atoms with van der Waals surface area (Å²) in [6.07, 6.45) is 0.257. The van der Waals surface area contributed by atoms with E-state index in [1.54, 1.807) is 46.2 Å². The number of carbonyl (C=O) groups is 3. The normalized spacial score (nSPS) is 15.6. The van der Waals surface area contributed by atoms with E-state index in [4.69, 9.17) is 20.8 Å². The first-order valence-electron chi connectivity index (χ1n) is 16.1. The number of rotatable bonds is 4. The summed E-state index contributed by atoms with van der Waals surface area (Å²) in [6, 6.07) is 21.5. The van der Waals surface area contributed by atoms with Gasteiger partial charge in [0, 0.05) is 58.3 Å². The number of nitrogens with zero attached hydrogens (tertiary/aromatic N) is 2. The van der Waals surface area contributed by atoms with E-state index < -0.39 is 11.7 Å². The lowest BCUT2D eigenvalue weighted by molar-refractivity contribution is 0.0583. The lowest BCUT2D eigenvalue weighted by Crippen LogP contribution is -2.35. The molecule has 0 spiro atoms. The molecule has 10 nitrogen and oxygen atoms in total. The third-order valence-electron chi connectivity index (χ3n) is 9.19. The van der Waals surface area contributed by atoms with Crippen LogP contribution in [0, 0.1) is 0 Å². The number of alkyl halides is 1. The van der Waals surface area contributed by atoms with Crippen LogP contribution in [0.5, 0.6) is 5.75 Å². The van der Waals surface area contributed by atoms with E-state index in [1.165, 1.54) is 0 Å². The molecule has 0 radical (unpaired) electrons. The van der Waals surface area contributed by atoms with Gasteiger partial charge in [0.15, 0.2) is 5.76 Å². The first kappa shape index (κ1) is 30.8. The second kappa shape index (κ2) is 11.3. The van der Waals surface area contributed by atoms with Crippen LogP contribution in [0.2, 0.25) is 0 Å². The van der Waals surface area contributed by atoms with Crippen molar-refractivity contribution in [3.63, 3.8) is 0 Å². The highest BCUT2D eigenvalue weighted by Gasteiger charge is 2.36. The number of aromatic amines is 1. The van der Waals surface area contributed by atoms with Crippen LogP contribution in [0.4, 0.5) is 21.9 Å². The van der Waals surface area contributed by atoms with E-state index in [-0.39, 0.29) is 29.2 Å². The molecule has 0 unspecified atom stereocenters. The number of aromatic hydroxyl groups is 1. The smallest absolute Gasteiger partial charge is 0.414 e. The highest BCUT2D eigenvalue weighted by Crippen LogP contribution is 2.46. The lowest BCUT2D eigenvalue weighted by atomic mass is 9.95. The maximum absolute atomic E-state index is 13.8. The topological polar surface area (TPSA) is 128 Å². The summed E-state index contributed by atoms with van der Waals surface area (Å²) in [6.45, 7) is 6.37. The molecule has 2 aliphatic heterocycles.